The Morgan fingerprint density at radius 2 is 1.70 bits per heavy atom. The van der Waals surface area contributed by atoms with E-state index < -0.39 is 37.3 Å². The summed E-state index contributed by atoms with van der Waals surface area (Å²) in [6, 6.07) is 6.74. The fourth-order valence-corrected chi connectivity index (χ4v) is 2.01. The molecule has 4 N–H and O–H groups in total. The van der Waals surface area contributed by atoms with Crippen LogP contribution in [0, 0.1) is 0 Å². The molecule has 0 bridgehead atoms. The highest BCUT2D eigenvalue weighted by Crippen LogP contribution is 2.30. The molecule has 7 heteroatoms. The Morgan fingerprint density at radius 1 is 1.05 bits per heavy atom. The van der Waals surface area contributed by atoms with E-state index in [1.807, 2.05) is 0 Å². The molecule has 20 heavy (non-hydrogen) atoms. The molecule has 0 radical (unpaired) electrons. The standard InChI is InChI=1S/C13H18O7/c1-18-7-4-2-3-5-8(7)19-13-12(17)11(16)10(15)9(6-14)20-13/h2-5,9-17H,6H2,1H3/t9-,10-,11+,12-,13+/m1/s1. The Kier molecular flexibility index (Phi) is 4.79. The molecule has 0 amide bonds. The molecule has 112 valence electrons. The van der Waals surface area contributed by atoms with E-state index in [9.17, 15) is 15.3 Å². The van der Waals surface area contributed by atoms with Gasteiger partial charge in [0.15, 0.2) is 11.5 Å². The highest BCUT2D eigenvalue weighted by atomic mass is 16.7. The number of benzene rings is 1. The van der Waals surface area contributed by atoms with Crippen LogP contribution in [0.4, 0.5) is 0 Å². The second-order valence-electron chi connectivity index (χ2n) is 4.47. The number of rotatable bonds is 4. The Bertz CT molecular complexity index is 436. The van der Waals surface area contributed by atoms with Gasteiger partial charge in [0, 0.05) is 0 Å². The third kappa shape index (κ3) is 2.87. The van der Waals surface area contributed by atoms with E-state index in [2.05, 4.69) is 0 Å². The van der Waals surface area contributed by atoms with Crippen molar-refractivity contribution in [1.29, 1.82) is 0 Å². The van der Waals surface area contributed by atoms with Crippen LogP contribution in [-0.4, -0.2) is 64.8 Å². The van der Waals surface area contributed by atoms with Gasteiger partial charge in [-0.15, -0.1) is 0 Å². The molecule has 2 rings (SSSR count). The van der Waals surface area contributed by atoms with Gasteiger partial charge in [-0.3, -0.25) is 0 Å². The number of hydrogen-bond donors (Lipinski definition) is 4. The van der Waals surface area contributed by atoms with Crippen LogP contribution < -0.4 is 9.47 Å². The van der Waals surface area contributed by atoms with Crippen molar-refractivity contribution in [2.24, 2.45) is 0 Å². The lowest BCUT2D eigenvalue weighted by molar-refractivity contribution is -0.277. The Morgan fingerprint density at radius 3 is 2.30 bits per heavy atom. The van der Waals surface area contributed by atoms with Gasteiger partial charge in [-0.25, -0.2) is 0 Å². The molecule has 1 aliphatic rings. The average molecular weight is 286 g/mol. The fraction of sp³-hybridized carbons (Fsp3) is 0.538. The second kappa shape index (κ2) is 6.38. The lowest BCUT2D eigenvalue weighted by Gasteiger charge is -2.39. The summed E-state index contributed by atoms with van der Waals surface area (Å²) in [4.78, 5) is 0. The van der Waals surface area contributed by atoms with Gasteiger partial charge in [0.2, 0.25) is 6.29 Å². The molecule has 1 aliphatic heterocycles. The average Bonchev–Trinajstić information content (AvgIpc) is 2.48. The van der Waals surface area contributed by atoms with Crippen LogP contribution in [-0.2, 0) is 4.74 Å². The van der Waals surface area contributed by atoms with Gasteiger partial charge in [-0.2, -0.15) is 0 Å². The van der Waals surface area contributed by atoms with E-state index in [-0.39, 0.29) is 0 Å². The molecular formula is C13H18O7. The van der Waals surface area contributed by atoms with Gasteiger partial charge in [0.25, 0.3) is 0 Å². The van der Waals surface area contributed by atoms with Gasteiger partial charge in [-0.1, -0.05) is 12.1 Å². The summed E-state index contributed by atoms with van der Waals surface area (Å²) < 4.78 is 15.8. The number of methoxy groups -OCH3 is 1. The summed E-state index contributed by atoms with van der Waals surface area (Å²) in [5.74, 6) is 0.754. The molecule has 1 saturated heterocycles. The minimum absolute atomic E-state index is 0.319. The van der Waals surface area contributed by atoms with Crippen molar-refractivity contribution in [2.75, 3.05) is 13.7 Å². The SMILES string of the molecule is COc1ccccc1O[C@H]1O[C@H](CO)[C@@H](O)[C@H](O)[C@H]1O. The summed E-state index contributed by atoms with van der Waals surface area (Å²) in [6.07, 6.45) is -6.55. The highest BCUT2D eigenvalue weighted by molar-refractivity contribution is 5.39. The van der Waals surface area contributed by atoms with Gasteiger partial charge >= 0.3 is 0 Å². The van der Waals surface area contributed by atoms with Gasteiger partial charge in [-0.05, 0) is 12.1 Å². The van der Waals surface area contributed by atoms with Crippen LogP contribution in [0.3, 0.4) is 0 Å². The van der Waals surface area contributed by atoms with Gasteiger partial charge in [0.05, 0.1) is 13.7 Å². The molecule has 5 atom stereocenters. The fourth-order valence-electron chi connectivity index (χ4n) is 2.01. The number of aliphatic hydroxyl groups is 4. The molecule has 0 saturated carbocycles. The molecular weight excluding hydrogens is 268 g/mol. The largest absolute Gasteiger partial charge is 0.493 e. The van der Waals surface area contributed by atoms with Crippen molar-refractivity contribution in [2.45, 2.75) is 30.7 Å². The monoisotopic (exact) mass is 286 g/mol. The lowest BCUT2D eigenvalue weighted by atomic mass is 9.99. The molecule has 1 aromatic carbocycles. The summed E-state index contributed by atoms with van der Waals surface area (Å²) in [7, 11) is 1.47. The topological polar surface area (TPSA) is 109 Å². The van der Waals surface area contributed by atoms with Gasteiger partial charge < -0.3 is 34.6 Å². The lowest BCUT2D eigenvalue weighted by Crippen LogP contribution is -2.60. The third-order valence-corrected chi connectivity index (χ3v) is 3.16. The molecule has 1 heterocycles. The molecule has 0 aliphatic carbocycles. The number of hydrogen-bond acceptors (Lipinski definition) is 7. The second-order valence-corrected chi connectivity index (χ2v) is 4.47. The summed E-state index contributed by atoms with van der Waals surface area (Å²) in [6.45, 7) is -0.503. The highest BCUT2D eigenvalue weighted by Gasteiger charge is 2.44. The first-order valence-electron chi connectivity index (χ1n) is 6.18. The zero-order chi connectivity index (χ0) is 14.7. The summed E-state index contributed by atoms with van der Waals surface area (Å²) in [5, 5.41) is 38.3. The number of aliphatic hydroxyl groups excluding tert-OH is 4. The van der Waals surface area contributed by atoms with Crippen LogP contribution in [0.1, 0.15) is 0 Å². The Labute approximate surface area is 115 Å². The van der Waals surface area contributed by atoms with Crippen molar-refractivity contribution >= 4 is 0 Å². The smallest absolute Gasteiger partial charge is 0.229 e. The van der Waals surface area contributed by atoms with E-state index in [4.69, 9.17) is 19.3 Å². The Hall–Kier alpha value is -1.38. The van der Waals surface area contributed by atoms with Crippen LogP contribution in [0.15, 0.2) is 24.3 Å². The van der Waals surface area contributed by atoms with Crippen LogP contribution in [0.25, 0.3) is 0 Å². The first-order chi connectivity index (χ1) is 9.58. The van der Waals surface area contributed by atoms with Crippen LogP contribution >= 0.6 is 0 Å². The van der Waals surface area contributed by atoms with E-state index >= 15 is 0 Å². The summed E-state index contributed by atoms with van der Waals surface area (Å²) >= 11 is 0. The quantitative estimate of drug-likeness (QED) is 0.555. The first-order valence-corrected chi connectivity index (χ1v) is 6.18. The van der Waals surface area contributed by atoms with Crippen molar-refractivity contribution in [3.8, 4) is 11.5 Å². The van der Waals surface area contributed by atoms with E-state index in [0.29, 0.717) is 11.5 Å². The maximum Gasteiger partial charge on any atom is 0.229 e. The van der Waals surface area contributed by atoms with Crippen molar-refractivity contribution in [3.05, 3.63) is 24.3 Å². The third-order valence-electron chi connectivity index (χ3n) is 3.16. The molecule has 0 aromatic heterocycles. The van der Waals surface area contributed by atoms with E-state index in [1.165, 1.54) is 7.11 Å². The number of para-hydroxylation sites is 2. The molecule has 0 spiro atoms. The van der Waals surface area contributed by atoms with Crippen LogP contribution in [0.2, 0.25) is 0 Å². The predicted octanol–water partition coefficient (Wildman–Crippen LogP) is -1.13. The minimum Gasteiger partial charge on any atom is -0.493 e. The van der Waals surface area contributed by atoms with Gasteiger partial charge in [0.1, 0.15) is 24.4 Å². The van der Waals surface area contributed by atoms with Crippen molar-refractivity contribution < 1.29 is 34.6 Å². The summed E-state index contributed by atoms with van der Waals surface area (Å²) in [5.41, 5.74) is 0. The van der Waals surface area contributed by atoms with E-state index in [0.717, 1.165) is 0 Å². The molecule has 7 nitrogen and oxygen atoms in total. The minimum atomic E-state index is -1.47. The van der Waals surface area contributed by atoms with Crippen molar-refractivity contribution in [1.82, 2.24) is 0 Å². The maximum absolute atomic E-state index is 9.86. The zero-order valence-corrected chi connectivity index (χ0v) is 10.9. The molecule has 0 unspecified atom stereocenters. The normalized spacial score (nSPS) is 33.8. The molecule has 1 aromatic rings. The Balaban J connectivity index is 2.15. The first kappa shape index (κ1) is 15.0. The maximum atomic E-state index is 9.86. The predicted molar refractivity (Wildman–Crippen MR) is 67.4 cm³/mol. The van der Waals surface area contributed by atoms with Crippen LogP contribution in [0.5, 0.6) is 11.5 Å². The number of ether oxygens (including phenoxy) is 3. The zero-order valence-electron chi connectivity index (χ0n) is 10.9. The van der Waals surface area contributed by atoms with E-state index in [1.54, 1.807) is 24.3 Å². The van der Waals surface area contributed by atoms with Crippen molar-refractivity contribution in [3.63, 3.8) is 0 Å². The molecule has 1 fully saturated rings.